The first-order valence-corrected chi connectivity index (χ1v) is 5.97. The van der Waals surface area contributed by atoms with Crippen LogP contribution in [0.4, 0.5) is 0 Å². The Morgan fingerprint density at radius 1 is 1.35 bits per heavy atom. The van der Waals surface area contributed by atoms with Crippen molar-refractivity contribution in [3.05, 3.63) is 35.4 Å². The number of rotatable bonds is 6. The van der Waals surface area contributed by atoms with E-state index in [2.05, 4.69) is 32.9 Å². The number of carboxylic acid groups (broad SMARTS) is 1. The normalized spacial score (nSPS) is 11.1. The van der Waals surface area contributed by atoms with Gasteiger partial charge in [-0.15, -0.1) is 0 Å². The minimum absolute atomic E-state index is 0.104. The molecule has 0 heterocycles. The van der Waals surface area contributed by atoms with Crippen molar-refractivity contribution in [1.82, 2.24) is 4.90 Å². The number of nitrogens with zero attached hydrogens (tertiary/aromatic N) is 1. The quantitative estimate of drug-likeness (QED) is 0.823. The Hall–Kier alpha value is -1.35. The zero-order valence-corrected chi connectivity index (χ0v) is 10.8. The van der Waals surface area contributed by atoms with Gasteiger partial charge in [0.15, 0.2) is 0 Å². The molecule has 94 valence electrons. The molecule has 0 saturated carbocycles. The standard InChI is InChI=1S/C14H21NO2/c1-11(2)8-15(10-14(16)17)9-13-7-5-4-6-12(13)3/h4-7,11H,8-10H2,1-3H3,(H,16,17). The first-order valence-electron chi connectivity index (χ1n) is 5.97. The lowest BCUT2D eigenvalue weighted by molar-refractivity contribution is -0.138. The molecule has 0 fully saturated rings. The van der Waals surface area contributed by atoms with E-state index >= 15 is 0 Å². The van der Waals surface area contributed by atoms with Gasteiger partial charge in [0, 0.05) is 13.1 Å². The van der Waals surface area contributed by atoms with Gasteiger partial charge < -0.3 is 5.11 Å². The van der Waals surface area contributed by atoms with Gasteiger partial charge in [0.25, 0.3) is 0 Å². The van der Waals surface area contributed by atoms with E-state index in [9.17, 15) is 4.79 Å². The van der Waals surface area contributed by atoms with Crippen molar-refractivity contribution in [2.75, 3.05) is 13.1 Å². The summed E-state index contributed by atoms with van der Waals surface area (Å²) in [6, 6.07) is 8.12. The van der Waals surface area contributed by atoms with Gasteiger partial charge in [-0.2, -0.15) is 0 Å². The van der Waals surface area contributed by atoms with Gasteiger partial charge >= 0.3 is 5.97 Å². The molecule has 0 aliphatic rings. The van der Waals surface area contributed by atoms with Crippen molar-refractivity contribution in [2.45, 2.75) is 27.3 Å². The monoisotopic (exact) mass is 235 g/mol. The van der Waals surface area contributed by atoms with Gasteiger partial charge in [-0.25, -0.2) is 0 Å². The molecule has 0 spiro atoms. The number of aryl methyl sites for hydroxylation is 1. The van der Waals surface area contributed by atoms with Crippen molar-refractivity contribution in [3.63, 3.8) is 0 Å². The predicted octanol–water partition coefficient (Wildman–Crippen LogP) is 2.54. The average Bonchev–Trinajstić information content (AvgIpc) is 2.19. The van der Waals surface area contributed by atoms with Crippen LogP contribution in [0.2, 0.25) is 0 Å². The second kappa shape index (κ2) is 6.40. The lowest BCUT2D eigenvalue weighted by Gasteiger charge is -2.23. The molecule has 0 unspecified atom stereocenters. The van der Waals surface area contributed by atoms with E-state index in [0.29, 0.717) is 12.5 Å². The Kier molecular flexibility index (Phi) is 5.16. The fourth-order valence-corrected chi connectivity index (χ4v) is 1.92. The van der Waals surface area contributed by atoms with Crippen LogP contribution >= 0.6 is 0 Å². The highest BCUT2D eigenvalue weighted by atomic mass is 16.4. The molecular weight excluding hydrogens is 214 g/mol. The van der Waals surface area contributed by atoms with Gasteiger partial charge in [-0.05, 0) is 24.0 Å². The summed E-state index contributed by atoms with van der Waals surface area (Å²) in [6.45, 7) is 7.88. The van der Waals surface area contributed by atoms with Gasteiger partial charge in [-0.1, -0.05) is 38.1 Å². The van der Waals surface area contributed by atoms with Crippen LogP contribution in [0.3, 0.4) is 0 Å². The van der Waals surface area contributed by atoms with Crippen LogP contribution < -0.4 is 0 Å². The maximum Gasteiger partial charge on any atom is 0.317 e. The summed E-state index contributed by atoms with van der Waals surface area (Å²) in [5, 5.41) is 8.90. The van der Waals surface area contributed by atoms with Crippen LogP contribution in [0.25, 0.3) is 0 Å². The Balaban J connectivity index is 2.71. The van der Waals surface area contributed by atoms with Crippen LogP contribution in [0.5, 0.6) is 0 Å². The SMILES string of the molecule is Cc1ccccc1CN(CC(=O)O)CC(C)C. The number of hydrogen-bond acceptors (Lipinski definition) is 2. The van der Waals surface area contributed by atoms with Crippen LogP contribution in [-0.4, -0.2) is 29.1 Å². The molecule has 0 aromatic heterocycles. The fourth-order valence-electron chi connectivity index (χ4n) is 1.92. The number of benzene rings is 1. The molecule has 1 rings (SSSR count). The average molecular weight is 235 g/mol. The summed E-state index contributed by atoms with van der Waals surface area (Å²) in [4.78, 5) is 12.8. The first kappa shape index (κ1) is 13.7. The molecule has 0 saturated heterocycles. The second-order valence-corrected chi connectivity index (χ2v) is 4.88. The molecule has 0 atom stereocenters. The van der Waals surface area contributed by atoms with E-state index in [1.165, 1.54) is 11.1 Å². The Bertz CT molecular complexity index is 374. The molecule has 17 heavy (non-hydrogen) atoms. The lowest BCUT2D eigenvalue weighted by atomic mass is 10.1. The van der Waals surface area contributed by atoms with Crippen molar-refractivity contribution in [2.24, 2.45) is 5.92 Å². The number of carbonyl (C=O) groups is 1. The number of hydrogen-bond donors (Lipinski definition) is 1. The highest BCUT2D eigenvalue weighted by molar-refractivity contribution is 5.69. The van der Waals surface area contributed by atoms with E-state index in [1.54, 1.807) is 0 Å². The fraction of sp³-hybridized carbons (Fsp3) is 0.500. The van der Waals surface area contributed by atoms with Crippen molar-refractivity contribution in [3.8, 4) is 0 Å². The zero-order valence-electron chi connectivity index (χ0n) is 10.8. The summed E-state index contributed by atoms with van der Waals surface area (Å²) in [5.41, 5.74) is 2.42. The van der Waals surface area contributed by atoms with Crippen molar-refractivity contribution < 1.29 is 9.90 Å². The molecule has 3 heteroatoms. The van der Waals surface area contributed by atoms with Gasteiger partial charge in [-0.3, -0.25) is 9.69 Å². The van der Waals surface area contributed by atoms with E-state index in [0.717, 1.165) is 6.54 Å². The zero-order chi connectivity index (χ0) is 12.8. The third kappa shape index (κ3) is 5.00. The number of aliphatic carboxylic acids is 1. The summed E-state index contributed by atoms with van der Waals surface area (Å²) < 4.78 is 0. The largest absolute Gasteiger partial charge is 0.480 e. The summed E-state index contributed by atoms with van der Waals surface area (Å²) in [6.07, 6.45) is 0. The summed E-state index contributed by atoms with van der Waals surface area (Å²) in [7, 11) is 0. The topological polar surface area (TPSA) is 40.5 Å². The number of carboxylic acids is 1. The minimum atomic E-state index is -0.765. The third-order valence-electron chi connectivity index (χ3n) is 2.64. The molecule has 0 bridgehead atoms. The minimum Gasteiger partial charge on any atom is -0.480 e. The predicted molar refractivity (Wildman–Crippen MR) is 68.9 cm³/mol. The molecule has 0 aliphatic carbocycles. The van der Waals surface area contributed by atoms with Crippen LogP contribution in [-0.2, 0) is 11.3 Å². The van der Waals surface area contributed by atoms with E-state index < -0.39 is 5.97 Å². The second-order valence-electron chi connectivity index (χ2n) is 4.88. The molecular formula is C14H21NO2. The molecule has 1 aromatic carbocycles. The van der Waals surface area contributed by atoms with Crippen molar-refractivity contribution >= 4 is 5.97 Å². The smallest absolute Gasteiger partial charge is 0.317 e. The highest BCUT2D eigenvalue weighted by Gasteiger charge is 2.12. The van der Waals surface area contributed by atoms with Crippen molar-refractivity contribution in [1.29, 1.82) is 0 Å². The molecule has 3 nitrogen and oxygen atoms in total. The molecule has 1 aromatic rings. The van der Waals surface area contributed by atoms with Gasteiger partial charge in [0.05, 0.1) is 6.54 Å². The molecule has 0 amide bonds. The Labute approximate surface area is 103 Å². The van der Waals surface area contributed by atoms with E-state index in [4.69, 9.17) is 5.11 Å². The summed E-state index contributed by atoms with van der Waals surface area (Å²) in [5.74, 6) is -0.294. The van der Waals surface area contributed by atoms with E-state index in [-0.39, 0.29) is 6.54 Å². The van der Waals surface area contributed by atoms with Crippen LogP contribution in [0, 0.1) is 12.8 Å². The van der Waals surface area contributed by atoms with Gasteiger partial charge in [0.1, 0.15) is 0 Å². The molecule has 1 N–H and O–H groups in total. The highest BCUT2D eigenvalue weighted by Crippen LogP contribution is 2.11. The molecule has 0 radical (unpaired) electrons. The first-order chi connectivity index (χ1) is 7.99. The lowest BCUT2D eigenvalue weighted by Crippen LogP contribution is -2.32. The van der Waals surface area contributed by atoms with E-state index in [1.807, 2.05) is 17.0 Å². The summed E-state index contributed by atoms with van der Waals surface area (Å²) >= 11 is 0. The maximum atomic E-state index is 10.8. The molecule has 0 aliphatic heterocycles. The van der Waals surface area contributed by atoms with Crippen LogP contribution in [0.1, 0.15) is 25.0 Å². The van der Waals surface area contributed by atoms with Crippen LogP contribution in [0.15, 0.2) is 24.3 Å². The Morgan fingerprint density at radius 3 is 2.53 bits per heavy atom. The van der Waals surface area contributed by atoms with Gasteiger partial charge in [0.2, 0.25) is 0 Å². The Morgan fingerprint density at radius 2 is 2.00 bits per heavy atom. The maximum absolute atomic E-state index is 10.8. The third-order valence-corrected chi connectivity index (χ3v) is 2.64.